The molecule has 0 aliphatic heterocycles. The van der Waals surface area contributed by atoms with Gasteiger partial charge in [0, 0.05) is 24.9 Å². The number of amides is 2. The van der Waals surface area contributed by atoms with Gasteiger partial charge < -0.3 is 10.2 Å². The number of thiazole rings is 1. The van der Waals surface area contributed by atoms with E-state index in [0.29, 0.717) is 25.2 Å². The fourth-order valence-electron chi connectivity index (χ4n) is 3.15. The van der Waals surface area contributed by atoms with Crippen LogP contribution < -0.4 is 5.32 Å². The van der Waals surface area contributed by atoms with Crippen LogP contribution >= 0.6 is 11.3 Å². The highest BCUT2D eigenvalue weighted by molar-refractivity contribution is 7.09. The summed E-state index contributed by atoms with van der Waals surface area (Å²) < 4.78 is 0. The first-order valence-electron chi connectivity index (χ1n) is 11.6. The van der Waals surface area contributed by atoms with Crippen molar-refractivity contribution in [2.45, 2.75) is 104 Å². The van der Waals surface area contributed by atoms with Gasteiger partial charge in [-0.25, -0.2) is 4.98 Å². The van der Waals surface area contributed by atoms with Crippen LogP contribution in [0.5, 0.6) is 0 Å². The molecule has 29 heavy (non-hydrogen) atoms. The van der Waals surface area contributed by atoms with Gasteiger partial charge in [0.15, 0.2) is 0 Å². The summed E-state index contributed by atoms with van der Waals surface area (Å²) in [6, 6.07) is 0. The quantitative estimate of drug-likeness (QED) is 0.315. The van der Waals surface area contributed by atoms with Crippen molar-refractivity contribution in [3.05, 3.63) is 16.1 Å². The molecule has 5 nitrogen and oxygen atoms in total. The van der Waals surface area contributed by atoms with Gasteiger partial charge in [-0.05, 0) is 19.3 Å². The molecule has 166 valence electrons. The van der Waals surface area contributed by atoms with Gasteiger partial charge in [-0.1, -0.05) is 72.1 Å². The van der Waals surface area contributed by atoms with Crippen LogP contribution in [-0.2, 0) is 11.3 Å². The summed E-state index contributed by atoms with van der Waals surface area (Å²) in [4.78, 5) is 31.3. The van der Waals surface area contributed by atoms with Gasteiger partial charge in [-0.3, -0.25) is 9.59 Å². The first-order chi connectivity index (χ1) is 14.1. The molecule has 0 fully saturated rings. The van der Waals surface area contributed by atoms with E-state index < -0.39 is 0 Å². The Morgan fingerprint density at radius 1 is 0.931 bits per heavy atom. The number of rotatable bonds is 17. The molecular formula is C23H41N3O2S. The molecule has 2 amide bonds. The average molecular weight is 424 g/mol. The van der Waals surface area contributed by atoms with Crippen molar-refractivity contribution < 1.29 is 9.59 Å². The third-order valence-electron chi connectivity index (χ3n) is 5.05. The van der Waals surface area contributed by atoms with Crippen LogP contribution in [-0.4, -0.2) is 34.8 Å². The Bertz CT molecular complexity index is 574. The first kappa shape index (κ1) is 25.6. The van der Waals surface area contributed by atoms with E-state index in [2.05, 4.69) is 31.1 Å². The second-order valence-electron chi connectivity index (χ2n) is 7.78. The topological polar surface area (TPSA) is 62.3 Å². The monoisotopic (exact) mass is 423 g/mol. The van der Waals surface area contributed by atoms with E-state index in [4.69, 9.17) is 0 Å². The van der Waals surface area contributed by atoms with Gasteiger partial charge in [-0.15, -0.1) is 11.3 Å². The van der Waals surface area contributed by atoms with E-state index in [9.17, 15) is 9.59 Å². The van der Waals surface area contributed by atoms with E-state index in [1.54, 1.807) is 5.38 Å². The lowest BCUT2D eigenvalue weighted by atomic mass is 10.1. The zero-order valence-electron chi connectivity index (χ0n) is 18.8. The van der Waals surface area contributed by atoms with Gasteiger partial charge in [0.1, 0.15) is 10.7 Å². The van der Waals surface area contributed by atoms with E-state index in [1.807, 2.05) is 4.90 Å². The Morgan fingerprint density at radius 3 is 2.28 bits per heavy atom. The lowest BCUT2D eigenvalue weighted by molar-refractivity contribution is -0.132. The molecule has 0 spiro atoms. The lowest BCUT2D eigenvalue weighted by Crippen LogP contribution is -2.31. The van der Waals surface area contributed by atoms with Crippen molar-refractivity contribution in [3.63, 3.8) is 0 Å². The highest BCUT2D eigenvalue weighted by Gasteiger charge is 2.17. The number of nitrogens with zero attached hydrogens (tertiary/aromatic N) is 2. The first-order valence-corrected chi connectivity index (χ1v) is 12.5. The molecule has 0 saturated carbocycles. The van der Waals surface area contributed by atoms with Gasteiger partial charge in [0.05, 0.1) is 6.54 Å². The predicted molar refractivity (Wildman–Crippen MR) is 122 cm³/mol. The summed E-state index contributed by atoms with van der Waals surface area (Å²) in [5.41, 5.74) is 0.469. The van der Waals surface area contributed by atoms with Crippen molar-refractivity contribution in [1.29, 1.82) is 0 Å². The molecule has 0 atom stereocenters. The SMILES string of the molecule is CCCCCCCCCC(=O)N(CCCC)Cc1nc(C(=O)NCCCC)cs1. The predicted octanol–water partition coefficient (Wildman–Crippen LogP) is 5.94. The van der Waals surface area contributed by atoms with Crippen molar-refractivity contribution in [2.24, 2.45) is 0 Å². The summed E-state index contributed by atoms with van der Waals surface area (Å²) in [5.74, 6) is 0.103. The normalized spacial score (nSPS) is 10.9. The number of carbonyl (C=O) groups excluding carboxylic acids is 2. The molecule has 1 aromatic rings. The molecule has 0 saturated heterocycles. The number of nitrogens with one attached hydrogen (secondary N) is 1. The lowest BCUT2D eigenvalue weighted by Gasteiger charge is -2.21. The molecule has 1 aromatic heterocycles. The molecule has 0 aliphatic rings. The van der Waals surface area contributed by atoms with Gasteiger partial charge >= 0.3 is 0 Å². The van der Waals surface area contributed by atoms with Crippen molar-refractivity contribution in [1.82, 2.24) is 15.2 Å². The summed E-state index contributed by atoms with van der Waals surface area (Å²) in [6.45, 7) is 8.43. The summed E-state index contributed by atoms with van der Waals surface area (Å²) in [6.07, 6.45) is 13.2. The number of unbranched alkanes of at least 4 members (excludes halogenated alkanes) is 8. The van der Waals surface area contributed by atoms with E-state index in [1.165, 1.54) is 43.4 Å². The number of hydrogen-bond donors (Lipinski definition) is 1. The molecule has 1 rings (SSSR count). The number of aromatic nitrogens is 1. The maximum atomic E-state index is 12.7. The van der Waals surface area contributed by atoms with Crippen LogP contribution in [0.2, 0.25) is 0 Å². The van der Waals surface area contributed by atoms with Crippen molar-refractivity contribution >= 4 is 23.2 Å². The highest BCUT2D eigenvalue weighted by atomic mass is 32.1. The fourth-order valence-corrected chi connectivity index (χ4v) is 3.94. The third-order valence-corrected chi connectivity index (χ3v) is 5.89. The van der Waals surface area contributed by atoms with E-state index >= 15 is 0 Å². The maximum absolute atomic E-state index is 12.7. The minimum atomic E-state index is -0.115. The van der Waals surface area contributed by atoms with Crippen molar-refractivity contribution in [3.8, 4) is 0 Å². The van der Waals surface area contributed by atoms with E-state index in [-0.39, 0.29) is 11.8 Å². The summed E-state index contributed by atoms with van der Waals surface area (Å²) in [7, 11) is 0. The molecule has 0 radical (unpaired) electrons. The van der Waals surface area contributed by atoms with Crippen LogP contribution in [0.25, 0.3) is 0 Å². The van der Waals surface area contributed by atoms with Gasteiger partial charge in [0.2, 0.25) is 5.91 Å². The molecule has 0 aliphatic carbocycles. The maximum Gasteiger partial charge on any atom is 0.270 e. The van der Waals surface area contributed by atoms with Crippen LogP contribution in [0.3, 0.4) is 0 Å². The zero-order valence-corrected chi connectivity index (χ0v) is 19.6. The largest absolute Gasteiger partial charge is 0.351 e. The number of carbonyl (C=O) groups is 2. The fraction of sp³-hybridized carbons (Fsp3) is 0.783. The molecule has 0 bridgehead atoms. The number of hydrogen-bond acceptors (Lipinski definition) is 4. The van der Waals surface area contributed by atoms with Gasteiger partial charge in [0.25, 0.3) is 5.91 Å². The Kier molecular flexibility index (Phi) is 14.5. The molecule has 0 unspecified atom stereocenters. The minimum Gasteiger partial charge on any atom is -0.351 e. The Balaban J connectivity index is 2.47. The second kappa shape index (κ2) is 16.4. The second-order valence-corrected chi connectivity index (χ2v) is 8.72. The van der Waals surface area contributed by atoms with Crippen LogP contribution in [0.4, 0.5) is 0 Å². The summed E-state index contributed by atoms with van der Waals surface area (Å²) >= 11 is 1.47. The average Bonchev–Trinajstić information content (AvgIpc) is 3.19. The van der Waals surface area contributed by atoms with Gasteiger partial charge in [-0.2, -0.15) is 0 Å². The van der Waals surface area contributed by atoms with Crippen LogP contribution in [0, 0.1) is 0 Å². The molecule has 1 heterocycles. The van der Waals surface area contributed by atoms with Crippen LogP contribution in [0.1, 0.15) is 113 Å². The molecule has 0 aromatic carbocycles. The molecule has 1 N–H and O–H groups in total. The molecular weight excluding hydrogens is 382 g/mol. The standard InChI is InChI=1S/C23H41N3O2S/c1-4-7-10-11-12-13-14-15-22(27)26(17-9-6-3)18-21-25-20(19-29-21)23(28)24-16-8-5-2/h19H,4-18H2,1-3H3,(H,24,28). The van der Waals surface area contributed by atoms with E-state index in [0.717, 1.165) is 50.1 Å². The van der Waals surface area contributed by atoms with Crippen LogP contribution in [0.15, 0.2) is 5.38 Å². The zero-order chi connectivity index (χ0) is 21.3. The highest BCUT2D eigenvalue weighted by Crippen LogP contribution is 2.16. The summed E-state index contributed by atoms with van der Waals surface area (Å²) in [5, 5.41) is 5.54. The third kappa shape index (κ3) is 11.4. The Hall–Kier alpha value is -1.43. The minimum absolute atomic E-state index is 0.115. The Morgan fingerprint density at radius 2 is 1.59 bits per heavy atom. The smallest absolute Gasteiger partial charge is 0.270 e. The molecule has 6 heteroatoms. The van der Waals surface area contributed by atoms with Crippen molar-refractivity contribution in [2.75, 3.05) is 13.1 Å². The Labute approximate surface area is 181 Å².